The third kappa shape index (κ3) is 4.88. The fourth-order valence-electron chi connectivity index (χ4n) is 6.61. The predicted octanol–water partition coefficient (Wildman–Crippen LogP) is 5.05. The second-order valence-electron chi connectivity index (χ2n) is 11.0. The van der Waals surface area contributed by atoms with E-state index in [4.69, 9.17) is 0 Å². The van der Waals surface area contributed by atoms with Gasteiger partial charge in [0.1, 0.15) is 0 Å². The van der Waals surface area contributed by atoms with E-state index in [9.17, 15) is 9.90 Å². The van der Waals surface area contributed by atoms with E-state index in [0.717, 1.165) is 4.48 Å². The highest BCUT2D eigenvalue weighted by atomic mass is 16.4. The Morgan fingerprint density at radius 2 is 0.923 bits per heavy atom. The Bertz CT molecular complexity index is 514. The molecule has 3 heteroatoms. The van der Waals surface area contributed by atoms with E-state index in [-0.39, 0.29) is 27.7 Å². The molecule has 0 N–H and O–H groups in total. The number of aromatic carboxylic acids is 1. The van der Waals surface area contributed by atoms with Crippen molar-refractivity contribution in [2.24, 2.45) is 0 Å². The third-order valence-electron chi connectivity index (χ3n) is 5.03. The maximum Gasteiger partial charge on any atom is 0.0918 e. The zero-order chi connectivity index (χ0) is 21.2. The number of carboxylic acids is 1. The number of hydrogen-bond donors (Lipinski definition) is 0. The number of carbonyl (C=O) groups excluding carboxylic acids is 1. The molecule has 0 aliphatic carbocycles. The van der Waals surface area contributed by atoms with Gasteiger partial charge in [-0.25, -0.2) is 0 Å². The zero-order valence-electron chi connectivity index (χ0n) is 19.2. The van der Waals surface area contributed by atoms with Gasteiger partial charge in [-0.1, -0.05) is 30.3 Å². The van der Waals surface area contributed by atoms with E-state index in [1.54, 1.807) is 18.2 Å². The van der Waals surface area contributed by atoms with Crippen LogP contribution in [-0.4, -0.2) is 32.6 Å². The SMILES string of the molecule is CC(C)(C)[N+](C(C)(C)C)(C(C)(C)C)C(C)(C)C.O=C([O-])c1ccccc1. The molecular weight excluding hydrogens is 322 g/mol. The molecule has 0 spiro atoms. The number of carbonyl (C=O) groups is 1. The van der Waals surface area contributed by atoms with Crippen LogP contribution in [0, 0.1) is 0 Å². The molecule has 0 saturated heterocycles. The molecule has 0 aromatic heterocycles. The summed E-state index contributed by atoms with van der Waals surface area (Å²) in [5.74, 6) is -1.13. The first-order chi connectivity index (χ1) is 11.3. The molecule has 1 aromatic rings. The molecule has 1 rings (SSSR count). The minimum atomic E-state index is -1.13. The molecular formula is C23H41NO2. The van der Waals surface area contributed by atoms with Gasteiger partial charge >= 0.3 is 0 Å². The monoisotopic (exact) mass is 363 g/mol. The van der Waals surface area contributed by atoms with E-state index in [1.807, 2.05) is 0 Å². The summed E-state index contributed by atoms with van der Waals surface area (Å²) >= 11 is 0. The molecule has 0 atom stereocenters. The van der Waals surface area contributed by atoms with Crippen molar-refractivity contribution in [2.75, 3.05) is 0 Å². The summed E-state index contributed by atoms with van der Waals surface area (Å²) in [5.41, 5.74) is 1.03. The summed E-state index contributed by atoms with van der Waals surface area (Å²) in [7, 11) is 0. The van der Waals surface area contributed by atoms with Crippen LogP contribution in [0.4, 0.5) is 0 Å². The van der Waals surface area contributed by atoms with Crippen molar-refractivity contribution in [3.05, 3.63) is 35.9 Å². The number of carboxylic acid groups (broad SMARTS) is 1. The summed E-state index contributed by atoms with van der Waals surface area (Å²) in [4.78, 5) is 10.1. The molecule has 0 bridgehead atoms. The number of rotatable bonds is 1. The van der Waals surface area contributed by atoms with Gasteiger partial charge in [0.25, 0.3) is 0 Å². The van der Waals surface area contributed by atoms with Crippen LogP contribution in [0.25, 0.3) is 0 Å². The van der Waals surface area contributed by atoms with Gasteiger partial charge in [-0.05, 0) is 88.6 Å². The molecule has 3 nitrogen and oxygen atoms in total. The topological polar surface area (TPSA) is 40.1 Å². The van der Waals surface area contributed by atoms with E-state index < -0.39 is 5.97 Å². The second kappa shape index (κ2) is 7.72. The van der Waals surface area contributed by atoms with Crippen molar-refractivity contribution >= 4 is 5.97 Å². The number of hydrogen-bond acceptors (Lipinski definition) is 2. The average molecular weight is 364 g/mol. The van der Waals surface area contributed by atoms with Gasteiger partial charge in [0, 0.05) is 0 Å². The highest BCUT2D eigenvalue weighted by Gasteiger charge is 2.62. The Hall–Kier alpha value is -1.35. The van der Waals surface area contributed by atoms with Gasteiger partial charge in [-0.2, -0.15) is 0 Å². The molecule has 26 heavy (non-hydrogen) atoms. The van der Waals surface area contributed by atoms with Gasteiger partial charge in [0.05, 0.1) is 28.1 Å². The van der Waals surface area contributed by atoms with Crippen molar-refractivity contribution in [1.82, 2.24) is 0 Å². The van der Waals surface area contributed by atoms with Crippen LogP contribution in [-0.2, 0) is 0 Å². The lowest BCUT2D eigenvalue weighted by Gasteiger charge is -2.70. The predicted molar refractivity (Wildman–Crippen MR) is 110 cm³/mol. The van der Waals surface area contributed by atoms with Crippen molar-refractivity contribution < 1.29 is 14.4 Å². The lowest BCUT2D eigenvalue weighted by molar-refractivity contribution is -1.08. The van der Waals surface area contributed by atoms with Gasteiger partial charge < -0.3 is 14.4 Å². The second-order valence-corrected chi connectivity index (χ2v) is 11.0. The largest absolute Gasteiger partial charge is 0.545 e. The Balaban J connectivity index is 0.000000577. The van der Waals surface area contributed by atoms with Gasteiger partial charge in [0.2, 0.25) is 0 Å². The van der Waals surface area contributed by atoms with Crippen molar-refractivity contribution in [1.29, 1.82) is 0 Å². The Morgan fingerprint density at radius 3 is 1.04 bits per heavy atom. The molecule has 0 heterocycles. The van der Waals surface area contributed by atoms with Crippen LogP contribution in [0.15, 0.2) is 30.3 Å². The first-order valence-corrected chi connectivity index (χ1v) is 9.46. The average Bonchev–Trinajstić information content (AvgIpc) is 2.33. The standard InChI is InChI=1S/C16H36N.C7H6O2/c1-13(2,3)17(14(4,5)6,15(7,8)9)16(10,11)12;8-7(9)6-4-2-1-3-5-6/h1-12H3;1-5H,(H,8,9)/q+1;/p-1. The van der Waals surface area contributed by atoms with E-state index in [1.165, 1.54) is 12.1 Å². The minimum Gasteiger partial charge on any atom is -0.545 e. The van der Waals surface area contributed by atoms with Crippen LogP contribution in [0.5, 0.6) is 0 Å². The fraction of sp³-hybridized carbons (Fsp3) is 0.696. The van der Waals surface area contributed by atoms with E-state index >= 15 is 0 Å². The van der Waals surface area contributed by atoms with E-state index in [2.05, 4.69) is 83.1 Å². The van der Waals surface area contributed by atoms with Crippen molar-refractivity contribution in [3.8, 4) is 0 Å². The lowest BCUT2D eigenvalue weighted by atomic mass is 9.75. The molecule has 0 radical (unpaired) electrons. The van der Waals surface area contributed by atoms with Crippen LogP contribution in [0.3, 0.4) is 0 Å². The minimum absolute atomic E-state index is 0.203. The van der Waals surface area contributed by atoms with Crippen molar-refractivity contribution in [2.45, 2.75) is 105 Å². The molecule has 0 aliphatic heterocycles. The Kier molecular flexibility index (Phi) is 7.32. The van der Waals surface area contributed by atoms with Crippen LogP contribution < -0.4 is 5.11 Å². The summed E-state index contributed by atoms with van der Waals surface area (Å²) in [6.45, 7) is 28.6. The third-order valence-corrected chi connectivity index (χ3v) is 5.03. The summed E-state index contributed by atoms with van der Waals surface area (Å²) < 4.78 is 1.08. The maximum absolute atomic E-state index is 10.1. The zero-order valence-corrected chi connectivity index (χ0v) is 19.2. The first kappa shape index (κ1) is 24.7. The summed E-state index contributed by atoms with van der Waals surface area (Å²) in [5, 5.41) is 10.1. The molecule has 0 saturated carbocycles. The fourth-order valence-corrected chi connectivity index (χ4v) is 6.61. The number of quaternary nitrogens is 1. The lowest BCUT2D eigenvalue weighted by Crippen LogP contribution is -2.82. The summed E-state index contributed by atoms with van der Waals surface area (Å²) in [6.07, 6.45) is 0. The Labute approximate surface area is 162 Å². The van der Waals surface area contributed by atoms with Gasteiger partial charge in [0.15, 0.2) is 0 Å². The van der Waals surface area contributed by atoms with Crippen LogP contribution in [0.1, 0.15) is 93.4 Å². The molecule has 0 amide bonds. The highest BCUT2D eigenvalue weighted by molar-refractivity contribution is 5.85. The van der Waals surface area contributed by atoms with Crippen LogP contribution in [0.2, 0.25) is 0 Å². The maximum atomic E-state index is 10.1. The highest BCUT2D eigenvalue weighted by Crippen LogP contribution is 2.50. The molecule has 0 fully saturated rings. The molecule has 0 aliphatic rings. The van der Waals surface area contributed by atoms with E-state index in [0.29, 0.717) is 0 Å². The molecule has 150 valence electrons. The number of benzene rings is 1. The number of nitrogens with zero attached hydrogens (tertiary/aromatic N) is 1. The van der Waals surface area contributed by atoms with Crippen molar-refractivity contribution in [3.63, 3.8) is 0 Å². The Morgan fingerprint density at radius 1 is 0.654 bits per heavy atom. The summed E-state index contributed by atoms with van der Waals surface area (Å²) in [6, 6.07) is 8.06. The van der Waals surface area contributed by atoms with Crippen LogP contribution >= 0.6 is 0 Å². The molecule has 1 aromatic carbocycles. The quantitative estimate of drug-likeness (QED) is 0.655. The normalized spacial score (nSPS) is 13.7. The smallest absolute Gasteiger partial charge is 0.0918 e. The molecule has 0 unspecified atom stereocenters. The van der Waals surface area contributed by atoms with Gasteiger partial charge in [-0.15, -0.1) is 0 Å². The first-order valence-electron chi connectivity index (χ1n) is 9.46. The van der Waals surface area contributed by atoms with Gasteiger partial charge in [-0.3, -0.25) is 0 Å².